The third-order valence-electron chi connectivity index (χ3n) is 3.91. The Morgan fingerprint density at radius 2 is 1.94 bits per heavy atom. The lowest BCUT2D eigenvalue weighted by Crippen LogP contribution is -2.33. The molecule has 0 saturated heterocycles. The van der Waals surface area contributed by atoms with E-state index in [9.17, 15) is 0 Å². The summed E-state index contributed by atoms with van der Waals surface area (Å²) in [6.07, 6.45) is 6.67. The summed E-state index contributed by atoms with van der Waals surface area (Å²) >= 11 is 0. The number of benzene rings is 1. The van der Waals surface area contributed by atoms with E-state index in [2.05, 4.69) is 43.4 Å². The molecule has 1 heteroatoms. The number of hydrogen-bond acceptors (Lipinski definition) is 1. The van der Waals surface area contributed by atoms with E-state index in [1.165, 1.54) is 44.2 Å². The van der Waals surface area contributed by atoms with Crippen molar-refractivity contribution >= 4 is 0 Å². The van der Waals surface area contributed by atoms with Crippen LogP contribution in [0.25, 0.3) is 0 Å². The van der Waals surface area contributed by atoms with E-state index in [-0.39, 0.29) is 0 Å². The molecule has 0 aliphatic heterocycles. The van der Waals surface area contributed by atoms with E-state index in [1.54, 1.807) is 5.56 Å². The quantitative estimate of drug-likeness (QED) is 0.825. The highest BCUT2D eigenvalue weighted by Gasteiger charge is 2.22. The molecule has 2 unspecified atom stereocenters. The summed E-state index contributed by atoms with van der Waals surface area (Å²) in [6.45, 7) is 5.58. The molecule has 1 nitrogen and oxygen atoms in total. The van der Waals surface area contributed by atoms with Crippen molar-refractivity contribution in [2.24, 2.45) is 0 Å². The fraction of sp³-hybridized carbons (Fsp3) is 0.625. The second kappa shape index (κ2) is 6.20. The van der Waals surface area contributed by atoms with Gasteiger partial charge in [-0.2, -0.15) is 0 Å². The molecule has 0 bridgehead atoms. The largest absolute Gasteiger partial charge is 0.314 e. The molecule has 1 saturated carbocycles. The molecule has 2 atom stereocenters. The molecule has 17 heavy (non-hydrogen) atoms. The molecular formula is C16H25N. The molecule has 0 aromatic heterocycles. The molecule has 1 N–H and O–H groups in total. The van der Waals surface area contributed by atoms with E-state index in [1.807, 2.05) is 0 Å². The molecule has 1 fully saturated rings. The van der Waals surface area contributed by atoms with E-state index in [0.717, 1.165) is 12.0 Å². The molecular weight excluding hydrogens is 206 g/mol. The molecule has 0 amide bonds. The second-order valence-corrected chi connectivity index (χ2v) is 5.43. The van der Waals surface area contributed by atoms with Crippen LogP contribution >= 0.6 is 0 Å². The molecule has 1 aromatic carbocycles. The topological polar surface area (TPSA) is 12.0 Å². The van der Waals surface area contributed by atoms with Crippen molar-refractivity contribution in [3.05, 3.63) is 35.4 Å². The lowest BCUT2D eigenvalue weighted by atomic mass is 9.81. The Morgan fingerprint density at radius 1 is 1.18 bits per heavy atom. The Kier molecular flexibility index (Phi) is 4.61. The van der Waals surface area contributed by atoms with Crippen molar-refractivity contribution in [3.63, 3.8) is 0 Å². The van der Waals surface area contributed by atoms with Crippen molar-refractivity contribution < 1.29 is 0 Å². The fourth-order valence-electron chi connectivity index (χ4n) is 2.87. The van der Waals surface area contributed by atoms with Crippen LogP contribution in [0, 0.1) is 6.92 Å². The second-order valence-electron chi connectivity index (χ2n) is 5.43. The summed E-state index contributed by atoms with van der Waals surface area (Å²) in [6, 6.07) is 9.89. The van der Waals surface area contributed by atoms with E-state index < -0.39 is 0 Å². The van der Waals surface area contributed by atoms with Crippen LogP contribution in [0.5, 0.6) is 0 Å². The smallest absolute Gasteiger partial charge is 0.00728 e. The molecule has 1 aromatic rings. The Morgan fingerprint density at radius 3 is 2.65 bits per heavy atom. The van der Waals surface area contributed by atoms with Gasteiger partial charge >= 0.3 is 0 Å². The lowest BCUT2D eigenvalue weighted by Gasteiger charge is -2.30. The van der Waals surface area contributed by atoms with Crippen molar-refractivity contribution in [1.29, 1.82) is 0 Å². The molecule has 1 aliphatic carbocycles. The average Bonchev–Trinajstić information content (AvgIpc) is 2.37. The zero-order chi connectivity index (χ0) is 12.1. The highest BCUT2D eigenvalue weighted by molar-refractivity contribution is 5.25. The molecule has 0 radical (unpaired) electrons. The van der Waals surface area contributed by atoms with Gasteiger partial charge in [0.05, 0.1) is 0 Å². The molecule has 2 rings (SSSR count). The number of nitrogens with one attached hydrogen (secondary N) is 1. The van der Waals surface area contributed by atoms with Crippen molar-refractivity contribution in [2.45, 2.75) is 57.9 Å². The van der Waals surface area contributed by atoms with E-state index >= 15 is 0 Å². The van der Waals surface area contributed by atoms with Crippen molar-refractivity contribution in [1.82, 2.24) is 5.32 Å². The summed E-state index contributed by atoms with van der Waals surface area (Å²) < 4.78 is 0. The van der Waals surface area contributed by atoms with E-state index in [0.29, 0.717) is 0 Å². The van der Waals surface area contributed by atoms with Gasteiger partial charge in [-0.3, -0.25) is 0 Å². The van der Waals surface area contributed by atoms with Crippen molar-refractivity contribution in [2.75, 3.05) is 6.54 Å². The SMILES string of the molecule is CCCNC1CCCC(c2ccc(C)cc2)C1. The Labute approximate surface area is 106 Å². The first-order chi connectivity index (χ1) is 8.29. The van der Waals surface area contributed by atoms with Gasteiger partial charge in [-0.1, -0.05) is 43.2 Å². The van der Waals surface area contributed by atoms with Gasteiger partial charge in [0, 0.05) is 6.04 Å². The highest BCUT2D eigenvalue weighted by Crippen LogP contribution is 2.32. The van der Waals surface area contributed by atoms with Gasteiger partial charge in [-0.15, -0.1) is 0 Å². The maximum atomic E-state index is 3.68. The lowest BCUT2D eigenvalue weighted by molar-refractivity contribution is 0.340. The van der Waals surface area contributed by atoms with Crippen LogP contribution in [0.2, 0.25) is 0 Å². The van der Waals surface area contributed by atoms with Gasteiger partial charge in [0.1, 0.15) is 0 Å². The number of aryl methyl sites for hydroxylation is 1. The molecule has 94 valence electrons. The van der Waals surface area contributed by atoms with Gasteiger partial charge in [0.15, 0.2) is 0 Å². The van der Waals surface area contributed by atoms with Crippen LogP contribution in [0.3, 0.4) is 0 Å². The average molecular weight is 231 g/mol. The molecule has 1 aliphatic rings. The fourth-order valence-corrected chi connectivity index (χ4v) is 2.87. The first kappa shape index (κ1) is 12.6. The summed E-state index contributed by atoms with van der Waals surface area (Å²) in [5, 5.41) is 3.68. The summed E-state index contributed by atoms with van der Waals surface area (Å²) in [7, 11) is 0. The van der Waals surface area contributed by atoms with Crippen LogP contribution in [0.1, 0.15) is 56.1 Å². The zero-order valence-electron chi connectivity index (χ0n) is 11.2. The predicted octanol–water partition coefficient (Wildman–Crippen LogP) is 4.02. The third kappa shape index (κ3) is 3.57. The van der Waals surface area contributed by atoms with Gasteiger partial charge in [-0.25, -0.2) is 0 Å². The molecule has 0 heterocycles. The Hall–Kier alpha value is -0.820. The predicted molar refractivity (Wildman–Crippen MR) is 74.5 cm³/mol. The minimum atomic E-state index is 0.745. The monoisotopic (exact) mass is 231 g/mol. The van der Waals surface area contributed by atoms with E-state index in [4.69, 9.17) is 0 Å². The van der Waals surface area contributed by atoms with Crippen LogP contribution in [0.4, 0.5) is 0 Å². The molecule has 0 spiro atoms. The first-order valence-electron chi connectivity index (χ1n) is 7.09. The van der Waals surface area contributed by atoms with Crippen LogP contribution in [-0.4, -0.2) is 12.6 Å². The minimum absolute atomic E-state index is 0.745. The summed E-state index contributed by atoms with van der Waals surface area (Å²) in [4.78, 5) is 0. The summed E-state index contributed by atoms with van der Waals surface area (Å²) in [5.41, 5.74) is 2.91. The van der Waals surface area contributed by atoms with Gasteiger partial charge in [-0.05, 0) is 50.6 Å². The normalized spacial score (nSPS) is 24.8. The Balaban J connectivity index is 1.94. The number of hydrogen-bond donors (Lipinski definition) is 1. The first-order valence-corrected chi connectivity index (χ1v) is 7.09. The highest BCUT2D eigenvalue weighted by atomic mass is 14.9. The summed E-state index contributed by atoms with van der Waals surface area (Å²) in [5.74, 6) is 0.777. The maximum Gasteiger partial charge on any atom is 0.00728 e. The Bertz CT molecular complexity index is 328. The van der Waals surface area contributed by atoms with Gasteiger partial charge in [0.2, 0.25) is 0 Å². The maximum absolute atomic E-state index is 3.68. The van der Waals surface area contributed by atoms with Gasteiger partial charge < -0.3 is 5.32 Å². The minimum Gasteiger partial charge on any atom is -0.314 e. The van der Waals surface area contributed by atoms with Crippen molar-refractivity contribution in [3.8, 4) is 0 Å². The zero-order valence-corrected chi connectivity index (χ0v) is 11.2. The van der Waals surface area contributed by atoms with Crippen LogP contribution in [0.15, 0.2) is 24.3 Å². The van der Waals surface area contributed by atoms with Crippen LogP contribution in [-0.2, 0) is 0 Å². The number of rotatable bonds is 4. The van der Waals surface area contributed by atoms with Crippen LogP contribution < -0.4 is 5.32 Å². The van der Waals surface area contributed by atoms with Gasteiger partial charge in [0.25, 0.3) is 0 Å². The standard InChI is InChI=1S/C16H25N/c1-3-11-17-16-6-4-5-15(12-16)14-9-7-13(2)8-10-14/h7-10,15-17H,3-6,11-12H2,1-2H3. The third-order valence-corrected chi connectivity index (χ3v) is 3.91.